The van der Waals surface area contributed by atoms with Gasteiger partial charge in [0.25, 0.3) is 15.7 Å². The van der Waals surface area contributed by atoms with E-state index in [2.05, 4.69) is 9.71 Å². The molecule has 0 amide bonds. The van der Waals surface area contributed by atoms with Crippen LogP contribution >= 0.6 is 11.6 Å². The van der Waals surface area contributed by atoms with Crippen molar-refractivity contribution in [3.8, 4) is 0 Å². The minimum atomic E-state index is -4.11. The number of nitrogens with one attached hydrogen (secondary N) is 1. The van der Waals surface area contributed by atoms with E-state index in [1.807, 2.05) is 0 Å². The Hall–Kier alpha value is -2.19. The number of halogens is 1. The molecule has 2 rings (SSSR count). The van der Waals surface area contributed by atoms with E-state index in [9.17, 15) is 18.5 Å². The highest BCUT2D eigenvalue weighted by molar-refractivity contribution is 7.93. The van der Waals surface area contributed by atoms with Gasteiger partial charge in [-0.15, -0.1) is 0 Å². The molecule has 9 heteroatoms. The van der Waals surface area contributed by atoms with Gasteiger partial charge in [0, 0.05) is 12.3 Å². The summed E-state index contributed by atoms with van der Waals surface area (Å²) in [4.78, 5) is 13.6. The molecule has 0 unspecified atom stereocenters. The van der Waals surface area contributed by atoms with Gasteiger partial charge >= 0.3 is 0 Å². The van der Waals surface area contributed by atoms with Gasteiger partial charge in [-0.3, -0.25) is 14.8 Å². The average Bonchev–Trinajstić information content (AvgIpc) is 2.37. The molecule has 0 bridgehead atoms. The highest BCUT2D eigenvalue weighted by Gasteiger charge is 2.27. The zero-order valence-electron chi connectivity index (χ0n) is 10.8. The first-order valence-corrected chi connectivity index (χ1v) is 7.56. The van der Waals surface area contributed by atoms with Gasteiger partial charge in [-0.2, -0.15) is 0 Å². The molecule has 0 aliphatic rings. The zero-order valence-corrected chi connectivity index (χ0v) is 12.4. The fraction of sp³-hybridized carbons (Fsp3) is 0.0833. The van der Waals surface area contributed by atoms with E-state index in [0.717, 1.165) is 6.07 Å². The molecule has 2 aromatic rings. The Morgan fingerprint density at radius 3 is 2.67 bits per heavy atom. The van der Waals surface area contributed by atoms with Gasteiger partial charge in [0.05, 0.1) is 10.6 Å². The van der Waals surface area contributed by atoms with Crippen molar-refractivity contribution in [1.29, 1.82) is 0 Å². The van der Waals surface area contributed by atoms with Gasteiger partial charge in [0.2, 0.25) is 0 Å². The van der Waals surface area contributed by atoms with Gasteiger partial charge in [-0.05, 0) is 24.6 Å². The quantitative estimate of drug-likeness (QED) is 0.528. The molecule has 0 aliphatic heterocycles. The molecule has 7 nitrogen and oxygen atoms in total. The highest BCUT2D eigenvalue weighted by Crippen LogP contribution is 2.28. The molecule has 1 N–H and O–H groups in total. The van der Waals surface area contributed by atoms with Crippen molar-refractivity contribution >= 4 is 33.0 Å². The summed E-state index contributed by atoms with van der Waals surface area (Å²) in [6.45, 7) is 1.49. The SMILES string of the molecule is Cc1cccc([N+](=O)[O-])c1S(=O)(=O)Nc1ccnc(Cl)c1. The van der Waals surface area contributed by atoms with E-state index < -0.39 is 20.6 Å². The monoisotopic (exact) mass is 327 g/mol. The molecule has 1 aromatic heterocycles. The number of hydrogen-bond acceptors (Lipinski definition) is 5. The normalized spacial score (nSPS) is 11.1. The first kappa shape index (κ1) is 15.2. The van der Waals surface area contributed by atoms with E-state index in [4.69, 9.17) is 11.6 Å². The van der Waals surface area contributed by atoms with E-state index in [-0.39, 0.29) is 21.3 Å². The van der Waals surface area contributed by atoms with E-state index in [1.165, 1.54) is 37.4 Å². The summed E-state index contributed by atoms with van der Waals surface area (Å²) in [6.07, 6.45) is 1.33. The predicted octanol–water partition coefficient (Wildman–Crippen LogP) is 2.75. The maximum Gasteiger partial charge on any atom is 0.290 e. The second kappa shape index (κ2) is 5.66. The molecule has 1 heterocycles. The zero-order chi connectivity index (χ0) is 15.6. The molecule has 0 saturated heterocycles. The molecule has 1 aromatic carbocycles. The van der Waals surface area contributed by atoms with Gasteiger partial charge in [-0.25, -0.2) is 13.4 Å². The Balaban J connectivity index is 2.52. The van der Waals surface area contributed by atoms with Crippen LogP contribution in [-0.4, -0.2) is 18.3 Å². The molecular weight excluding hydrogens is 318 g/mol. The van der Waals surface area contributed by atoms with Crippen molar-refractivity contribution in [2.24, 2.45) is 0 Å². The van der Waals surface area contributed by atoms with Gasteiger partial charge in [-0.1, -0.05) is 23.7 Å². The number of sulfonamides is 1. The molecule has 0 fully saturated rings. The second-order valence-electron chi connectivity index (χ2n) is 4.15. The minimum Gasteiger partial charge on any atom is -0.279 e. The van der Waals surface area contributed by atoms with Crippen molar-refractivity contribution < 1.29 is 13.3 Å². The number of aromatic nitrogens is 1. The topological polar surface area (TPSA) is 102 Å². The smallest absolute Gasteiger partial charge is 0.279 e. The number of pyridine rings is 1. The minimum absolute atomic E-state index is 0.106. The lowest BCUT2D eigenvalue weighted by molar-refractivity contribution is -0.387. The summed E-state index contributed by atoms with van der Waals surface area (Å²) in [6, 6.07) is 6.76. The number of benzene rings is 1. The van der Waals surface area contributed by atoms with Gasteiger partial charge in [0.15, 0.2) is 4.90 Å². The van der Waals surface area contributed by atoms with Gasteiger partial charge < -0.3 is 0 Å². The van der Waals surface area contributed by atoms with Gasteiger partial charge in [0.1, 0.15) is 5.15 Å². The Kier molecular flexibility index (Phi) is 4.10. The Morgan fingerprint density at radius 2 is 2.05 bits per heavy atom. The first-order chi connectivity index (χ1) is 9.81. The van der Waals surface area contributed by atoms with Crippen molar-refractivity contribution in [2.75, 3.05) is 4.72 Å². The maximum atomic E-state index is 12.4. The number of rotatable bonds is 4. The van der Waals surface area contributed by atoms with Crippen LogP contribution in [-0.2, 0) is 10.0 Å². The molecule has 21 heavy (non-hydrogen) atoms. The number of aryl methyl sites for hydroxylation is 1. The maximum absolute atomic E-state index is 12.4. The number of hydrogen-bond donors (Lipinski definition) is 1. The molecule has 0 aliphatic carbocycles. The van der Waals surface area contributed by atoms with Crippen molar-refractivity contribution in [1.82, 2.24) is 4.98 Å². The summed E-state index contributed by atoms with van der Waals surface area (Å²) in [5.74, 6) is 0. The van der Waals surface area contributed by atoms with Crippen LogP contribution in [0.2, 0.25) is 5.15 Å². The summed E-state index contributed by atoms with van der Waals surface area (Å²) in [5.41, 5.74) is -0.0351. The standard InChI is InChI=1S/C12H10ClN3O4S/c1-8-3-2-4-10(16(17)18)12(8)21(19,20)15-9-5-6-14-11(13)7-9/h2-7H,1H3,(H,14,15). The average molecular weight is 328 g/mol. The van der Waals surface area contributed by atoms with E-state index in [1.54, 1.807) is 0 Å². The van der Waals surface area contributed by atoms with Crippen LogP contribution in [0.15, 0.2) is 41.4 Å². The lowest BCUT2D eigenvalue weighted by Crippen LogP contribution is -2.16. The number of nitrogens with zero attached hydrogens (tertiary/aromatic N) is 2. The second-order valence-corrected chi connectivity index (χ2v) is 6.16. The predicted molar refractivity (Wildman–Crippen MR) is 77.9 cm³/mol. The van der Waals surface area contributed by atoms with Crippen molar-refractivity contribution in [2.45, 2.75) is 11.8 Å². The van der Waals surface area contributed by atoms with Crippen molar-refractivity contribution in [3.05, 3.63) is 57.4 Å². The number of anilines is 1. The molecule has 0 atom stereocenters. The van der Waals surface area contributed by atoms with E-state index >= 15 is 0 Å². The molecule has 0 spiro atoms. The third-order valence-corrected chi connectivity index (χ3v) is 4.42. The van der Waals surface area contributed by atoms with Crippen LogP contribution in [0.3, 0.4) is 0 Å². The van der Waals surface area contributed by atoms with Crippen LogP contribution in [0.1, 0.15) is 5.56 Å². The van der Waals surface area contributed by atoms with Crippen LogP contribution in [0, 0.1) is 17.0 Å². The van der Waals surface area contributed by atoms with Crippen LogP contribution in [0.25, 0.3) is 0 Å². The molecular formula is C12H10ClN3O4S. The first-order valence-electron chi connectivity index (χ1n) is 5.69. The lowest BCUT2D eigenvalue weighted by Gasteiger charge is -2.10. The van der Waals surface area contributed by atoms with Crippen molar-refractivity contribution in [3.63, 3.8) is 0 Å². The third-order valence-electron chi connectivity index (χ3n) is 2.64. The van der Waals surface area contributed by atoms with E-state index in [0.29, 0.717) is 0 Å². The largest absolute Gasteiger partial charge is 0.290 e. The lowest BCUT2D eigenvalue weighted by atomic mass is 10.2. The van der Waals surface area contributed by atoms with Crippen LogP contribution in [0.5, 0.6) is 0 Å². The Morgan fingerprint density at radius 1 is 1.33 bits per heavy atom. The summed E-state index contributed by atoms with van der Waals surface area (Å²) < 4.78 is 27.0. The number of nitro groups is 1. The fourth-order valence-electron chi connectivity index (χ4n) is 1.80. The summed E-state index contributed by atoms with van der Waals surface area (Å²) >= 11 is 5.68. The Labute approximate surface area is 125 Å². The third kappa shape index (κ3) is 3.29. The highest BCUT2D eigenvalue weighted by atomic mass is 35.5. The fourth-order valence-corrected chi connectivity index (χ4v) is 3.43. The Bertz CT molecular complexity index is 808. The molecule has 0 radical (unpaired) electrons. The van der Waals surface area contributed by atoms with Crippen LogP contribution < -0.4 is 4.72 Å². The number of nitro benzene ring substituents is 1. The molecule has 110 valence electrons. The summed E-state index contributed by atoms with van der Waals surface area (Å²) in [7, 11) is -4.11. The summed E-state index contributed by atoms with van der Waals surface area (Å²) in [5, 5.41) is 11.1. The van der Waals surface area contributed by atoms with Crippen LogP contribution in [0.4, 0.5) is 11.4 Å². The molecule has 0 saturated carbocycles.